The van der Waals surface area contributed by atoms with E-state index in [9.17, 15) is 4.79 Å². The Bertz CT molecular complexity index is 1530. The number of methoxy groups -OCH3 is 1. The molecule has 0 saturated carbocycles. The number of nitrogens with one attached hydrogen (secondary N) is 3. The van der Waals surface area contributed by atoms with E-state index >= 15 is 0 Å². The molecule has 6 heterocycles. The van der Waals surface area contributed by atoms with Crippen molar-refractivity contribution < 1.29 is 4.74 Å². The molecule has 0 spiro atoms. The molecule has 8 heteroatoms. The Morgan fingerprint density at radius 3 is 2.21 bits per heavy atom. The fourth-order valence-electron chi connectivity index (χ4n) is 3.36. The Morgan fingerprint density at radius 1 is 0.759 bits per heavy atom. The summed E-state index contributed by atoms with van der Waals surface area (Å²) in [6.07, 6.45) is 7.10. The Hall–Kier alpha value is -4.20. The number of nitrogens with zero attached hydrogens (tertiary/aromatic N) is 3. The molecule has 29 heavy (non-hydrogen) atoms. The summed E-state index contributed by atoms with van der Waals surface area (Å²) in [5.74, 6) is 0.613. The van der Waals surface area contributed by atoms with Gasteiger partial charge < -0.3 is 19.7 Å². The van der Waals surface area contributed by atoms with E-state index in [2.05, 4.69) is 29.9 Å². The van der Waals surface area contributed by atoms with Crippen molar-refractivity contribution in [2.75, 3.05) is 7.11 Å². The van der Waals surface area contributed by atoms with Crippen LogP contribution in [-0.4, -0.2) is 37.0 Å². The van der Waals surface area contributed by atoms with Gasteiger partial charge in [-0.3, -0.25) is 14.8 Å². The number of aromatic amines is 3. The van der Waals surface area contributed by atoms with Gasteiger partial charge in [0.25, 0.3) is 0 Å². The topological polar surface area (TPSA) is 112 Å². The van der Waals surface area contributed by atoms with Crippen LogP contribution < -0.4 is 10.3 Å². The molecule has 0 aliphatic carbocycles. The van der Waals surface area contributed by atoms with Crippen molar-refractivity contribution in [1.82, 2.24) is 29.9 Å². The minimum Gasteiger partial charge on any atom is -0.481 e. The number of ether oxygens (including phenoxy) is 1. The van der Waals surface area contributed by atoms with Crippen LogP contribution in [0.2, 0.25) is 0 Å². The van der Waals surface area contributed by atoms with Crippen molar-refractivity contribution in [3.8, 4) is 5.88 Å². The molecule has 0 aromatic carbocycles. The highest BCUT2D eigenvalue weighted by Crippen LogP contribution is 2.24. The molecule has 6 aromatic heterocycles. The maximum absolute atomic E-state index is 11.1. The van der Waals surface area contributed by atoms with Crippen molar-refractivity contribution in [2.24, 2.45) is 0 Å². The third-order valence-corrected chi connectivity index (χ3v) is 4.73. The first-order valence-electron chi connectivity index (χ1n) is 8.94. The highest BCUT2D eigenvalue weighted by Gasteiger charge is 2.05. The molecule has 8 nitrogen and oxygen atoms in total. The number of H-pyrrole nitrogens is 3. The molecule has 6 aromatic rings. The normalized spacial score (nSPS) is 11.1. The van der Waals surface area contributed by atoms with Crippen LogP contribution in [0.1, 0.15) is 0 Å². The van der Waals surface area contributed by atoms with Gasteiger partial charge in [-0.15, -0.1) is 0 Å². The van der Waals surface area contributed by atoms with Gasteiger partial charge in [-0.05, 0) is 24.3 Å². The summed E-state index contributed by atoms with van der Waals surface area (Å²) in [7, 11) is 1.61. The fraction of sp³-hybridized carbons (Fsp3) is 0.0476. The lowest BCUT2D eigenvalue weighted by Gasteiger charge is -1.96. The van der Waals surface area contributed by atoms with Gasteiger partial charge in [0.05, 0.1) is 18.1 Å². The fourth-order valence-corrected chi connectivity index (χ4v) is 3.36. The van der Waals surface area contributed by atoms with Gasteiger partial charge >= 0.3 is 0 Å². The standard InChI is InChI=1S/C11H9N3O.C10H7N3O/c1-15-10-3-2-7-8-6-12-5-4-9(8)13-11(7)14-10;14-9-2-1-6-7-5-11-4-3-8(7)12-10(6)13-9/h2-6H,1H3,(H,13,14);1-5H,(H2,12,13,14). The summed E-state index contributed by atoms with van der Waals surface area (Å²) in [4.78, 5) is 32.6. The van der Waals surface area contributed by atoms with Crippen LogP contribution in [0.15, 0.2) is 66.0 Å². The third-order valence-electron chi connectivity index (χ3n) is 4.73. The summed E-state index contributed by atoms with van der Waals surface area (Å²) in [5, 5.41) is 4.17. The highest BCUT2D eigenvalue weighted by atomic mass is 16.5. The Labute approximate surface area is 163 Å². The molecule has 0 saturated heterocycles. The first-order valence-corrected chi connectivity index (χ1v) is 8.94. The number of pyridine rings is 4. The zero-order valence-corrected chi connectivity index (χ0v) is 15.4. The zero-order chi connectivity index (χ0) is 19.8. The van der Waals surface area contributed by atoms with Crippen molar-refractivity contribution in [2.45, 2.75) is 0 Å². The third kappa shape index (κ3) is 2.96. The second kappa shape index (κ2) is 6.75. The second-order valence-electron chi connectivity index (χ2n) is 6.45. The van der Waals surface area contributed by atoms with E-state index in [0.717, 1.165) is 43.9 Å². The molecule has 0 radical (unpaired) electrons. The minimum atomic E-state index is -0.1000. The lowest BCUT2D eigenvalue weighted by atomic mass is 10.2. The predicted octanol–water partition coefficient (Wildman–Crippen LogP) is 3.52. The zero-order valence-electron chi connectivity index (χ0n) is 15.4. The SMILES string of the molecule is COc1ccc2c(n1)[nH]c1ccncc12.O=c1ccc2c([nH]1)[nH]c1ccncc12. The van der Waals surface area contributed by atoms with Gasteiger partial charge in [-0.1, -0.05) is 0 Å². The largest absolute Gasteiger partial charge is 0.481 e. The highest BCUT2D eigenvalue weighted by molar-refractivity contribution is 6.06. The second-order valence-corrected chi connectivity index (χ2v) is 6.45. The summed E-state index contributed by atoms with van der Waals surface area (Å²) >= 11 is 0. The van der Waals surface area contributed by atoms with E-state index in [0.29, 0.717) is 5.88 Å². The lowest BCUT2D eigenvalue weighted by Crippen LogP contribution is -2.01. The maximum atomic E-state index is 11.1. The number of aromatic nitrogens is 6. The molecule has 0 amide bonds. The number of fused-ring (bicyclic) bond motifs is 6. The van der Waals surface area contributed by atoms with Crippen LogP contribution >= 0.6 is 0 Å². The van der Waals surface area contributed by atoms with E-state index in [1.165, 1.54) is 6.07 Å². The molecule has 0 fully saturated rings. The van der Waals surface area contributed by atoms with Crippen LogP contribution in [0.25, 0.3) is 43.9 Å². The van der Waals surface area contributed by atoms with Crippen LogP contribution in [0.5, 0.6) is 5.88 Å². The van der Waals surface area contributed by atoms with E-state index in [-0.39, 0.29) is 5.56 Å². The Morgan fingerprint density at radius 2 is 1.45 bits per heavy atom. The van der Waals surface area contributed by atoms with Crippen LogP contribution in [0.4, 0.5) is 0 Å². The van der Waals surface area contributed by atoms with Crippen LogP contribution in [0, 0.1) is 0 Å². The molecule has 3 N–H and O–H groups in total. The first kappa shape index (κ1) is 16.9. The molecule has 0 bridgehead atoms. The average Bonchev–Trinajstić information content (AvgIpc) is 3.31. The Kier molecular flexibility index (Phi) is 3.94. The summed E-state index contributed by atoms with van der Waals surface area (Å²) in [6.45, 7) is 0. The molecular formula is C21H16N6O2. The average molecular weight is 384 g/mol. The quantitative estimate of drug-likeness (QED) is 0.401. The molecule has 0 aliphatic rings. The van der Waals surface area contributed by atoms with Gasteiger partial charge in [0.1, 0.15) is 11.3 Å². The Balaban J connectivity index is 0.000000125. The number of rotatable bonds is 1. The van der Waals surface area contributed by atoms with Gasteiger partial charge in [-0.2, -0.15) is 4.98 Å². The smallest absolute Gasteiger partial charge is 0.249 e. The maximum Gasteiger partial charge on any atom is 0.249 e. The lowest BCUT2D eigenvalue weighted by molar-refractivity contribution is 0.399. The first-order chi connectivity index (χ1) is 14.2. The van der Waals surface area contributed by atoms with E-state index in [1.54, 1.807) is 31.8 Å². The predicted molar refractivity (Wildman–Crippen MR) is 112 cm³/mol. The van der Waals surface area contributed by atoms with Gasteiger partial charge in [0, 0.05) is 58.5 Å². The van der Waals surface area contributed by atoms with E-state index in [4.69, 9.17) is 4.74 Å². The van der Waals surface area contributed by atoms with Crippen LogP contribution in [0.3, 0.4) is 0 Å². The molecule has 0 aliphatic heterocycles. The monoisotopic (exact) mass is 384 g/mol. The summed E-state index contributed by atoms with van der Waals surface area (Å²) < 4.78 is 5.07. The molecule has 142 valence electrons. The molecular weight excluding hydrogens is 368 g/mol. The van der Waals surface area contributed by atoms with E-state index < -0.39 is 0 Å². The van der Waals surface area contributed by atoms with Gasteiger partial charge in [0.2, 0.25) is 11.4 Å². The summed E-state index contributed by atoms with van der Waals surface area (Å²) in [6, 6.07) is 11.0. The minimum absolute atomic E-state index is 0.1000. The molecule has 0 atom stereocenters. The molecule has 6 rings (SSSR count). The van der Waals surface area contributed by atoms with Crippen molar-refractivity contribution in [3.63, 3.8) is 0 Å². The number of hydrogen-bond acceptors (Lipinski definition) is 5. The van der Waals surface area contributed by atoms with Crippen molar-refractivity contribution in [3.05, 3.63) is 71.5 Å². The van der Waals surface area contributed by atoms with Crippen molar-refractivity contribution in [1.29, 1.82) is 0 Å². The summed E-state index contributed by atoms with van der Waals surface area (Å²) in [5.41, 5.74) is 3.51. The van der Waals surface area contributed by atoms with Crippen molar-refractivity contribution >= 4 is 43.9 Å². The van der Waals surface area contributed by atoms with E-state index in [1.807, 2.05) is 30.5 Å². The molecule has 0 unspecified atom stereocenters. The number of hydrogen-bond donors (Lipinski definition) is 3. The van der Waals surface area contributed by atoms with Gasteiger partial charge in [0.15, 0.2) is 0 Å². The van der Waals surface area contributed by atoms with Crippen LogP contribution in [-0.2, 0) is 0 Å². The van der Waals surface area contributed by atoms with Gasteiger partial charge in [-0.25, -0.2) is 0 Å².